The van der Waals surface area contributed by atoms with E-state index < -0.39 is 0 Å². The largest absolute Gasteiger partial charge is 0.378 e. The van der Waals surface area contributed by atoms with Crippen molar-refractivity contribution in [3.63, 3.8) is 0 Å². The molecule has 7 aromatic rings. The minimum Gasteiger partial charge on any atom is -0.378 e. The van der Waals surface area contributed by atoms with E-state index in [1.807, 2.05) is 0 Å². The van der Waals surface area contributed by atoms with Crippen molar-refractivity contribution in [3.05, 3.63) is 216 Å². The molecule has 0 unspecified atom stereocenters. The number of allylic oxidation sites excluding steroid dienone is 9. The van der Waals surface area contributed by atoms with Crippen molar-refractivity contribution in [3.8, 4) is 0 Å². The maximum atomic E-state index is 5.73. The summed E-state index contributed by atoms with van der Waals surface area (Å²) in [5, 5.41) is 0. The summed E-state index contributed by atoms with van der Waals surface area (Å²) in [5.74, 6) is 1.60. The highest BCUT2D eigenvalue weighted by atomic mass is 15.4. The zero-order chi connectivity index (χ0) is 50.9. The molecule has 0 amide bonds. The van der Waals surface area contributed by atoms with Gasteiger partial charge in [-0.2, -0.15) is 15.0 Å². The summed E-state index contributed by atoms with van der Waals surface area (Å²) in [7, 11) is 12.5. The Morgan fingerprint density at radius 3 is 0.787 bits per heavy atom. The third-order valence-corrected chi connectivity index (χ3v) is 15.1. The maximum Gasteiger partial charge on any atom is 0.241 e. The average Bonchev–Trinajstić information content (AvgIpc) is 3.45. The number of fused-ring (bicyclic) bond motifs is 3. The van der Waals surface area contributed by atoms with E-state index in [1.165, 1.54) is 17.1 Å². The molecule has 13 rings (SSSR count). The Morgan fingerprint density at radius 2 is 0.547 bits per heavy atom. The molecular formula is C63H60N12. The van der Waals surface area contributed by atoms with Crippen LogP contribution < -0.4 is 44.1 Å². The molecule has 4 heterocycles. The molecule has 6 aliphatic rings. The number of aromatic nitrogens is 3. The topological polar surface area (TPSA) is 67.8 Å². The van der Waals surface area contributed by atoms with Crippen LogP contribution in [0.5, 0.6) is 0 Å². The molecule has 0 saturated heterocycles. The van der Waals surface area contributed by atoms with E-state index in [0.29, 0.717) is 17.8 Å². The fourth-order valence-corrected chi connectivity index (χ4v) is 11.4. The first kappa shape index (κ1) is 45.8. The van der Waals surface area contributed by atoms with Crippen LogP contribution in [0.3, 0.4) is 0 Å². The minimum absolute atomic E-state index is 0.534. The van der Waals surface area contributed by atoms with Crippen molar-refractivity contribution in [2.75, 3.05) is 86.4 Å². The molecule has 12 heteroatoms. The number of benzene rings is 6. The second-order valence-electron chi connectivity index (χ2n) is 20.3. The summed E-state index contributed by atoms with van der Waals surface area (Å²) in [4.78, 5) is 37.8. The Kier molecular flexibility index (Phi) is 11.3. The van der Waals surface area contributed by atoms with Crippen LogP contribution in [-0.2, 0) is 0 Å². The van der Waals surface area contributed by atoms with Gasteiger partial charge < -0.3 is 29.4 Å². The van der Waals surface area contributed by atoms with E-state index in [-0.39, 0.29) is 0 Å². The quantitative estimate of drug-likeness (QED) is 0.138. The van der Waals surface area contributed by atoms with Gasteiger partial charge in [-0.3, -0.25) is 14.7 Å². The summed E-state index contributed by atoms with van der Waals surface area (Å²) in [5.41, 5.74) is 19.6. The van der Waals surface area contributed by atoms with Crippen LogP contribution in [0.1, 0.15) is 38.5 Å². The van der Waals surface area contributed by atoms with Crippen molar-refractivity contribution in [2.24, 2.45) is 0 Å². The van der Waals surface area contributed by atoms with E-state index >= 15 is 0 Å². The first-order valence-electron chi connectivity index (χ1n) is 26.1. The molecule has 0 fully saturated rings. The first-order chi connectivity index (χ1) is 36.7. The minimum atomic E-state index is 0.534. The van der Waals surface area contributed by atoms with Crippen LogP contribution in [-0.4, -0.2) is 57.2 Å². The average molecular weight is 985 g/mol. The second kappa shape index (κ2) is 18.5. The zero-order valence-corrected chi connectivity index (χ0v) is 43.4. The number of hydrogen-bond acceptors (Lipinski definition) is 12. The van der Waals surface area contributed by atoms with E-state index in [1.54, 1.807) is 0 Å². The number of rotatable bonds is 9. The molecule has 0 saturated carbocycles. The lowest BCUT2D eigenvalue weighted by molar-refractivity contribution is 0.829. The second-order valence-corrected chi connectivity index (χ2v) is 20.3. The highest BCUT2D eigenvalue weighted by Crippen LogP contribution is 2.54. The molecule has 0 bridgehead atoms. The summed E-state index contributed by atoms with van der Waals surface area (Å²) in [6.07, 6.45) is 18.9. The summed E-state index contributed by atoms with van der Waals surface area (Å²) >= 11 is 0. The fourth-order valence-electron chi connectivity index (χ4n) is 11.4. The molecule has 0 spiro atoms. The molecule has 3 aliphatic heterocycles. The van der Waals surface area contributed by atoms with Crippen LogP contribution in [0.25, 0.3) is 0 Å². The van der Waals surface area contributed by atoms with Gasteiger partial charge >= 0.3 is 0 Å². The van der Waals surface area contributed by atoms with Crippen molar-refractivity contribution in [1.82, 2.24) is 15.0 Å². The van der Waals surface area contributed by atoms with Gasteiger partial charge in [0.2, 0.25) is 17.8 Å². The Balaban J connectivity index is 1.05. The van der Waals surface area contributed by atoms with Gasteiger partial charge in [0.15, 0.2) is 0 Å². The van der Waals surface area contributed by atoms with Crippen molar-refractivity contribution >= 4 is 86.1 Å². The molecule has 0 N–H and O–H groups in total. The van der Waals surface area contributed by atoms with Gasteiger partial charge in [0, 0.05) is 93.5 Å². The maximum absolute atomic E-state index is 5.73. The van der Waals surface area contributed by atoms with Crippen molar-refractivity contribution in [2.45, 2.75) is 38.5 Å². The molecule has 3 aliphatic carbocycles. The predicted octanol–water partition coefficient (Wildman–Crippen LogP) is 14.6. The Morgan fingerprint density at radius 1 is 0.307 bits per heavy atom. The summed E-state index contributed by atoms with van der Waals surface area (Å²) in [6.45, 7) is 0. The van der Waals surface area contributed by atoms with Gasteiger partial charge in [0.05, 0.1) is 51.2 Å². The van der Waals surface area contributed by atoms with E-state index in [4.69, 9.17) is 15.0 Å². The zero-order valence-electron chi connectivity index (χ0n) is 43.4. The van der Waals surface area contributed by atoms with Crippen LogP contribution >= 0.6 is 0 Å². The van der Waals surface area contributed by atoms with Gasteiger partial charge in [-0.25, -0.2) is 0 Å². The molecule has 1 aromatic heterocycles. The number of nitrogens with zero attached hydrogens (tertiary/aromatic N) is 12. The van der Waals surface area contributed by atoms with E-state index in [0.717, 1.165) is 124 Å². The van der Waals surface area contributed by atoms with Crippen LogP contribution in [0.2, 0.25) is 0 Å². The molecule has 6 aromatic carbocycles. The molecule has 0 atom stereocenters. The summed E-state index contributed by atoms with van der Waals surface area (Å²) in [6, 6.07) is 52.6. The van der Waals surface area contributed by atoms with E-state index in [2.05, 4.69) is 268 Å². The Hall–Kier alpha value is -9.03. The standard InChI is InChI=1S/C63H60N12/c1-67(2)43-31-37-46(38-32-43)70-49-19-7-13-25-55(49)73(56-26-14-8-20-50(56)70)61-64-62(74-57-27-15-9-21-51(57)71(52-22-10-16-28-58(52)74)47-39-33-44(34-40-47)68(3)4)66-63(65-61)75-59-29-17-11-23-53(59)72(54-24-12-18-30-60(54)75)48-41-35-45(36-42-48)69(5)6/h7,9,11,13-19,21,23,25-42H,8,10,12,20,22,24H2,1-6H3. The normalized spacial score (nSPS) is 16.4. The van der Waals surface area contributed by atoms with Gasteiger partial charge in [0.25, 0.3) is 0 Å². The van der Waals surface area contributed by atoms with Gasteiger partial charge in [-0.05, 0) is 166 Å². The molecule has 12 nitrogen and oxygen atoms in total. The van der Waals surface area contributed by atoms with Crippen molar-refractivity contribution < 1.29 is 0 Å². The fraction of sp³-hybridized carbons (Fsp3) is 0.190. The lowest BCUT2D eigenvalue weighted by atomic mass is 9.99. The SMILES string of the molecule is CN(C)c1ccc(N2C3=C(C=CCC3)N(c3nc(N4C5=C(CCC=C5)N(c5ccc(N(C)C)cc5)c5ccccc54)nc(N4C5=C(CCC=C5)N(c5ccc(N(C)C)cc5)c5ccccc54)n3)c3ccccc32)cc1. The first-order valence-corrected chi connectivity index (χ1v) is 26.1. The number of anilines is 15. The lowest BCUT2D eigenvalue weighted by Crippen LogP contribution is -2.36. The predicted molar refractivity (Wildman–Crippen MR) is 310 cm³/mol. The smallest absolute Gasteiger partial charge is 0.241 e. The number of hydrogen-bond donors (Lipinski definition) is 0. The Bertz CT molecular complexity index is 3180. The molecule has 75 heavy (non-hydrogen) atoms. The third-order valence-electron chi connectivity index (χ3n) is 15.1. The molecular weight excluding hydrogens is 925 g/mol. The monoisotopic (exact) mass is 985 g/mol. The van der Waals surface area contributed by atoms with E-state index in [9.17, 15) is 0 Å². The van der Waals surface area contributed by atoms with Crippen LogP contribution in [0.15, 0.2) is 216 Å². The molecule has 372 valence electrons. The lowest BCUT2D eigenvalue weighted by Gasteiger charge is -2.44. The summed E-state index contributed by atoms with van der Waals surface area (Å²) < 4.78 is 0. The third kappa shape index (κ3) is 7.70. The highest BCUT2D eigenvalue weighted by Gasteiger charge is 2.40. The molecule has 0 radical (unpaired) electrons. The van der Waals surface area contributed by atoms with Crippen LogP contribution in [0.4, 0.5) is 86.1 Å². The van der Waals surface area contributed by atoms with Gasteiger partial charge in [0.1, 0.15) is 0 Å². The van der Waals surface area contributed by atoms with Crippen molar-refractivity contribution in [1.29, 1.82) is 0 Å². The van der Waals surface area contributed by atoms with Gasteiger partial charge in [-0.15, -0.1) is 0 Å². The van der Waals surface area contributed by atoms with Gasteiger partial charge in [-0.1, -0.05) is 54.6 Å². The van der Waals surface area contributed by atoms with Crippen LogP contribution in [0, 0.1) is 0 Å². The highest BCUT2D eigenvalue weighted by molar-refractivity contribution is 5.94. The Labute approximate surface area is 440 Å². The number of para-hydroxylation sites is 6.